The van der Waals surface area contributed by atoms with Gasteiger partial charge in [0.2, 0.25) is 0 Å². The summed E-state index contributed by atoms with van der Waals surface area (Å²) < 4.78 is 104. The van der Waals surface area contributed by atoms with Gasteiger partial charge in [-0.2, -0.15) is 8.15 Å². The molecule has 0 saturated carbocycles. The van der Waals surface area contributed by atoms with E-state index in [2.05, 4.69) is 22.1 Å². The first-order valence-electron chi connectivity index (χ1n) is 5.58. The van der Waals surface area contributed by atoms with Gasteiger partial charge in [0, 0.05) is 5.92 Å². The molecule has 0 aliphatic heterocycles. The van der Waals surface area contributed by atoms with Crippen molar-refractivity contribution in [3.63, 3.8) is 0 Å². The summed E-state index contributed by atoms with van der Waals surface area (Å²) in [4.78, 5) is 0. The van der Waals surface area contributed by atoms with E-state index in [-0.39, 0.29) is 0 Å². The van der Waals surface area contributed by atoms with Crippen LogP contribution in [0.5, 0.6) is 0 Å². The van der Waals surface area contributed by atoms with E-state index >= 15 is 0 Å². The zero-order chi connectivity index (χ0) is 18.0. The molecule has 2 atom stereocenters. The molecule has 140 valence electrons. The van der Waals surface area contributed by atoms with Gasteiger partial charge in [0.25, 0.3) is 25.6 Å². The largest absolute Gasteiger partial charge is 0.507 e. The Bertz CT molecular complexity index is 344. The number of hydrogen-bond donors (Lipinski definition) is 0. The molecule has 0 aromatic heterocycles. The molecule has 0 amide bonds. The lowest BCUT2D eigenvalue weighted by molar-refractivity contribution is -0.163. The molecule has 6 nitrogen and oxygen atoms in total. The van der Waals surface area contributed by atoms with Crippen molar-refractivity contribution in [3.05, 3.63) is 0 Å². The molecule has 23 heavy (non-hydrogen) atoms. The average Bonchev–Trinajstić information content (AvgIpc) is 2.52. The standard InChI is InChI=1S/C8H11Cl2F6O6P/c9-21-23(17,22-10)20-3-4(1-18-7(15)5(11)12)2-19-8(16)6(13)14/h4-8H,1-3H2. The fourth-order valence-electron chi connectivity index (χ4n) is 0.993. The Morgan fingerprint density at radius 2 is 1.17 bits per heavy atom. The second-order valence-corrected chi connectivity index (χ2v) is 6.04. The number of rotatable bonds is 13. The molecule has 0 aliphatic rings. The van der Waals surface area contributed by atoms with E-state index in [1.807, 2.05) is 0 Å². The summed E-state index contributed by atoms with van der Waals surface area (Å²) in [6.07, 6.45) is -12.9. The van der Waals surface area contributed by atoms with E-state index < -0.39 is 59.1 Å². The highest BCUT2D eigenvalue weighted by Crippen LogP contribution is 2.52. The van der Waals surface area contributed by atoms with Gasteiger partial charge in [-0.25, -0.2) is 30.9 Å². The highest BCUT2D eigenvalue weighted by atomic mass is 35.5. The van der Waals surface area contributed by atoms with Crippen molar-refractivity contribution >= 4 is 31.6 Å². The second-order valence-electron chi connectivity index (χ2n) is 3.78. The third kappa shape index (κ3) is 9.92. The Morgan fingerprint density at radius 3 is 1.48 bits per heavy atom. The van der Waals surface area contributed by atoms with Crippen LogP contribution in [0.4, 0.5) is 26.3 Å². The van der Waals surface area contributed by atoms with Crippen LogP contribution >= 0.6 is 31.6 Å². The molecule has 0 fully saturated rings. The molecular formula is C8H11Cl2F6O6P. The van der Waals surface area contributed by atoms with Crippen LogP contribution in [0.1, 0.15) is 0 Å². The molecule has 0 spiro atoms. The zero-order valence-electron chi connectivity index (χ0n) is 10.9. The van der Waals surface area contributed by atoms with Crippen LogP contribution in [0.2, 0.25) is 0 Å². The summed E-state index contributed by atoms with van der Waals surface area (Å²) in [5.41, 5.74) is 0. The van der Waals surface area contributed by atoms with Crippen LogP contribution in [-0.2, 0) is 26.7 Å². The molecule has 0 bridgehead atoms. The maximum Gasteiger partial charge on any atom is 0.507 e. The van der Waals surface area contributed by atoms with E-state index in [0.29, 0.717) is 0 Å². The topological polar surface area (TPSA) is 63.2 Å². The van der Waals surface area contributed by atoms with E-state index in [1.165, 1.54) is 0 Å². The molecule has 0 aromatic rings. The van der Waals surface area contributed by atoms with E-state index in [4.69, 9.17) is 23.7 Å². The molecular weight excluding hydrogens is 408 g/mol. The molecule has 0 saturated heterocycles. The van der Waals surface area contributed by atoms with Crippen LogP contribution in [0.15, 0.2) is 0 Å². The van der Waals surface area contributed by atoms with Crippen LogP contribution < -0.4 is 0 Å². The first kappa shape index (κ1) is 23.2. The first-order chi connectivity index (χ1) is 10.6. The summed E-state index contributed by atoms with van der Waals surface area (Å²) in [6.45, 7) is -2.57. The normalized spacial score (nSPS) is 16.8. The monoisotopic (exact) mass is 418 g/mol. The predicted octanol–water partition coefficient (Wildman–Crippen LogP) is 4.22. The number of alkyl halides is 6. The van der Waals surface area contributed by atoms with Crippen LogP contribution in [0.25, 0.3) is 0 Å². The highest BCUT2D eigenvalue weighted by molar-refractivity contribution is 7.50. The van der Waals surface area contributed by atoms with Crippen LogP contribution in [-0.4, -0.2) is 45.4 Å². The SMILES string of the molecule is O=P(OCl)(OCl)OCC(COC(F)C(F)F)COC(F)C(F)F. The van der Waals surface area contributed by atoms with E-state index in [0.717, 1.165) is 0 Å². The lowest BCUT2D eigenvalue weighted by Crippen LogP contribution is -2.29. The zero-order valence-corrected chi connectivity index (χ0v) is 13.3. The molecule has 15 heteroatoms. The van der Waals surface area contributed by atoms with Crippen molar-refractivity contribution < 1.29 is 53.1 Å². The van der Waals surface area contributed by atoms with Crippen LogP contribution in [0, 0.1) is 5.92 Å². The summed E-state index contributed by atoms with van der Waals surface area (Å²) in [5.74, 6) is -1.31. The van der Waals surface area contributed by atoms with Gasteiger partial charge in [-0.1, -0.05) is 0 Å². The van der Waals surface area contributed by atoms with Crippen molar-refractivity contribution in [2.75, 3.05) is 19.8 Å². The maximum absolute atomic E-state index is 12.6. The van der Waals surface area contributed by atoms with Crippen molar-refractivity contribution in [3.8, 4) is 0 Å². The predicted molar refractivity (Wildman–Crippen MR) is 64.6 cm³/mol. The van der Waals surface area contributed by atoms with Crippen molar-refractivity contribution in [2.24, 2.45) is 5.92 Å². The lowest BCUT2D eigenvalue weighted by Gasteiger charge is -2.20. The fourth-order valence-corrected chi connectivity index (χ4v) is 1.98. The van der Waals surface area contributed by atoms with Gasteiger partial charge >= 0.3 is 7.82 Å². The Labute approximate surface area is 136 Å². The summed E-state index contributed by atoms with van der Waals surface area (Å²) >= 11 is 9.50. The van der Waals surface area contributed by atoms with E-state index in [1.54, 1.807) is 0 Å². The van der Waals surface area contributed by atoms with Crippen LogP contribution in [0.3, 0.4) is 0 Å². The van der Waals surface area contributed by atoms with Gasteiger partial charge in [-0.05, 0) is 0 Å². The number of hydrogen-bond acceptors (Lipinski definition) is 6. The minimum Gasteiger partial charge on any atom is -0.343 e. The second kappa shape index (κ2) is 11.7. The van der Waals surface area contributed by atoms with Gasteiger partial charge in [-0.3, -0.25) is 4.52 Å². The minimum absolute atomic E-state index is 0.803. The lowest BCUT2D eigenvalue weighted by atomic mass is 10.2. The highest BCUT2D eigenvalue weighted by Gasteiger charge is 2.30. The Hall–Kier alpha value is 0.190. The number of phosphoric acid groups is 1. The summed E-state index contributed by atoms with van der Waals surface area (Å²) in [6, 6.07) is 0. The summed E-state index contributed by atoms with van der Waals surface area (Å²) in [5, 5.41) is 0. The third-order valence-electron chi connectivity index (χ3n) is 2.02. The van der Waals surface area contributed by atoms with Crippen molar-refractivity contribution in [1.82, 2.24) is 0 Å². The van der Waals surface area contributed by atoms with Gasteiger partial charge in [0.15, 0.2) is 0 Å². The molecule has 0 N–H and O–H groups in total. The molecule has 2 unspecified atom stereocenters. The Morgan fingerprint density at radius 1 is 0.783 bits per heavy atom. The van der Waals surface area contributed by atoms with Gasteiger partial charge in [0.05, 0.1) is 43.6 Å². The Kier molecular flexibility index (Phi) is 11.8. The van der Waals surface area contributed by atoms with Gasteiger partial charge < -0.3 is 9.47 Å². The molecule has 0 aliphatic carbocycles. The Balaban J connectivity index is 4.56. The minimum atomic E-state index is -4.43. The maximum atomic E-state index is 12.6. The first-order valence-corrected chi connectivity index (χ1v) is 7.65. The molecule has 0 heterocycles. The molecule has 0 aromatic carbocycles. The molecule has 0 radical (unpaired) electrons. The smallest absolute Gasteiger partial charge is 0.343 e. The van der Waals surface area contributed by atoms with Gasteiger partial charge in [0.1, 0.15) is 0 Å². The quantitative estimate of drug-likeness (QED) is 0.329. The van der Waals surface area contributed by atoms with Gasteiger partial charge in [-0.15, -0.1) is 0 Å². The summed E-state index contributed by atoms with van der Waals surface area (Å²) in [7, 11) is -4.43. The number of ether oxygens (including phenoxy) is 2. The fraction of sp³-hybridized carbons (Fsp3) is 1.00. The molecule has 0 rings (SSSR count). The van der Waals surface area contributed by atoms with E-state index in [9.17, 15) is 30.9 Å². The average molecular weight is 419 g/mol. The third-order valence-corrected chi connectivity index (χ3v) is 3.83. The van der Waals surface area contributed by atoms with Crippen molar-refractivity contribution in [1.29, 1.82) is 0 Å². The van der Waals surface area contributed by atoms with Crippen molar-refractivity contribution in [2.45, 2.75) is 25.6 Å². The number of halogens is 8.